The van der Waals surface area contributed by atoms with Crippen LogP contribution in [0, 0.1) is 0 Å². The smallest absolute Gasteiger partial charge is 0.407 e. The summed E-state index contributed by atoms with van der Waals surface area (Å²) in [6.07, 6.45) is -1.93. The largest absolute Gasteiger partial charge is 0.467 e. The monoisotopic (exact) mass is 492 g/mol. The summed E-state index contributed by atoms with van der Waals surface area (Å²) >= 11 is 3.41. The first-order valence-electron chi connectivity index (χ1n) is 9.62. The summed E-state index contributed by atoms with van der Waals surface area (Å²) in [6.45, 7) is -0.0761. The van der Waals surface area contributed by atoms with Crippen molar-refractivity contribution in [3.05, 3.63) is 70.2 Å². The quantitative estimate of drug-likeness (QED) is 0.438. The van der Waals surface area contributed by atoms with E-state index in [2.05, 4.69) is 26.6 Å². The van der Waals surface area contributed by atoms with Crippen LogP contribution in [0.1, 0.15) is 17.5 Å². The average Bonchev–Trinajstić information content (AvgIpc) is 2.77. The van der Waals surface area contributed by atoms with E-state index >= 15 is 0 Å². The van der Waals surface area contributed by atoms with Crippen LogP contribution in [0.4, 0.5) is 4.79 Å². The zero-order chi connectivity index (χ0) is 22.6. The lowest BCUT2D eigenvalue weighted by atomic mass is 10.1. The van der Waals surface area contributed by atoms with Crippen LogP contribution in [0.2, 0.25) is 0 Å². The highest BCUT2D eigenvalue weighted by Crippen LogP contribution is 2.18. The minimum atomic E-state index is -1.15. The predicted molar refractivity (Wildman–Crippen MR) is 117 cm³/mol. The SMILES string of the molecule is COC(=O)[C@H](Cc1ccccc1Br)NC(=O)C[C@H](O)CNC(=O)OCc1ccccc1. The van der Waals surface area contributed by atoms with E-state index in [0.29, 0.717) is 0 Å². The second-order valence-corrected chi connectivity index (χ2v) is 7.59. The number of benzene rings is 2. The number of aliphatic hydroxyl groups is 1. The number of hydrogen-bond donors (Lipinski definition) is 3. The molecule has 2 rings (SSSR count). The zero-order valence-electron chi connectivity index (χ0n) is 17.0. The molecule has 0 bridgehead atoms. The highest BCUT2D eigenvalue weighted by Gasteiger charge is 2.24. The van der Waals surface area contributed by atoms with E-state index in [1.54, 1.807) is 0 Å². The van der Waals surface area contributed by atoms with Crippen LogP contribution in [0.5, 0.6) is 0 Å². The van der Waals surface area contributed by atoms with Crippen molar-refractivity contribution >= 4 is 33.9 Å². The first-order chi connectivity index (χ1) is 14.9. The molecule has 0 unspecified atom stereocenters. The Morgan fingerprint density at radius 3 is 2.42 bits per heavy atom. The summed E-state index contributed by atoms with van der Waals surface area (Å²) in [7, 11) is 1.24. The van der Waals surface area contributed by atoms with Gasteiger partial charge in [0.1, 0.15) is 12.6 Å². The summed E-state index contributed by atoms with van der Waals surface area (Å²) in [5.74, 6) is -1.14. The number of esters is 1. The van der Waals surface area contributed by atoms with E-state index in [4.69, 9.17) is 9.47 Å². The first-order valence-corrected chi connectivity index (χ1v) is 10.4. The van der Waals surface area contributed by atoms with Crippen molar-refractivity contribution in [3.8, 4) is 0 Å². The molecule has 2 atom stereocenters. The second kappa shape index (κ2) is 12.7. The van der Waals surface area contributed by atoms with Gasteiger partial charge in [-0.25, -0.2) is 9.59 Å². The van der Waals surface area contributed by atoms with Gasteiger partial charge in [-0.05, 0) is 17.2 Å². The maximum Gasteiger partial charge on any atom is 0.407 e. The molecule has 0 radical (unpaired) electrons. The molecule has 0 aliphatic heterocycles. The van der Waals surface area contributed by atoms with Crippen molar-refractivity contribution in [2.45, 2.75) is 31.6 Å². The fraction of sp³-hybridized carbons (Fsp3) is 0.318. The van der Waals surface area contributed by atoms with Crippen LogP contribution >= 0.6 is 15.9 Å². The van der Waals surface area contributed by atoms with Crippen molar-refractivity contribution in [1.29, 1.82) is 0 Å². The summed E-state index contributed by atoms with van der Waals surface area (Å²) in [6, 6.07) is 15.6. The van der Waals surface area contributed by atoms with E-state index in [1.165, 1.54) is 7.11 Å². The summed E-state index contributed by atoms with van der Waals surface area (Å²) in [5, 5.41) is 15.0. The van der Waals surface area contributed by atoms with Crippen molar-refractivity contribution in [1.82, 2.24) is 10.6 Å². The molecule has 3 N–H and O–H groups in total. The molecule has 0 saturated heterocycles. The van der Waals surface area contributed by atoms with Crippen LogP contribution in [0.25, 0.3) is 0 Å². The van der Waals surface area contributed by atoms with Crippen molar-refractivity contribution in [2.75, 3.05) is 13.7 Å². The maximum absolute atomic E-state index is 12.3. The van der Waals surface area contributed by atoms with Gasteiger partial charge in [-0.3, -0.25) is 4.79 Å². The summed E-state index contributed by atoms with van der Waals surface area (Å²) in [4.78, 5) is 36.1. The van der Waals surface area contributed by atoms with Gasteiger partial charge in [0.05, 0.1) is 19.6 Å². The summed E-state index contributed by atoms with van der Waals surface area (Å²) in [5.41, 5.74) is 1.65. The van der Waals surface area contributed by atoms with Gasteiger partial charge < -0.3 is 25.2 Å². The molecule has 8 nitrogen and oxygen atoms in total. The molecule has 166 valence electrons. The van der Waals surface area contributed by atoms with Gasteiger partial charge in [0, 0.05) is 17.4 Å². The maximum atomic E-state index is 12.3. The highest BCUT2D eigenvalue weighted by atomic mass is 79.9. The summed E-state index contributed by atoms with van der Waals surface area (Å²) < 4.78 is 10.6. The van der Waals surface area contributed by atoms with Gasteiger partial charge in [-0.1, -0.05) is 64.5 Å². The van der Waals surface area contributed by atoms with Crippen LogP contribution in [-0.4, -0.2) is 48.9 Å². The van der Waals surface area contributed by atoms with E-state index in [1.807, 2.05) is 54.6 Å². The van der Waals surface area contributed by atoms with Crippen LogP contribution in [-0.2, 0) is 32.1 Å². The number of hydrogen-bond acceptors (Lipinski definition) is 6. The van der Waals surface area contributed by atoms with E-state index in [0.717, 1.165) is 15.6 Å². The minimum absolute atomic E-state index is 0.0963. The van der Waals surface area contributed by atoms with Crippen molar-refractivity contribution in [3.63, 3.8) is 0 Å². The van der Waals surface area contributed by atoms with Gasteiger partial charge >= 0.3 is 12.1 Å². The number of nitrogens with one attached hydrogen (secondary N) is 2. The highest BCUT2D eigenvalue weighted by molar-refractivity contribution is 9.10. The Balaban J connectivity index is 1.78. The third-order valence-electron chi connectivity index (χ3n) is 4.32. The number of halogens is 1. The lowest BCUT2D eigenvalue weighted by molar-refractivity contribution is -0.145. The molecule has 9 heteroatoms. The topological polar surface area (TPSA) is 114 Å². The number of rotatable bonds is 10. The molecule has 0 aromatic heterocycles. The lowest BCUT2D eigenvalue weighted by Gasteiger charge is -2.18. The normalized spacial score (nSPS) is 12.4. The molecular formula is C22H25BrN2O6. The van der Waals surface area contributed by atoms with Crippen LogP contribution in [0.3, 0.4) is 0 Å². The van der Waals surface area contributed by atoms with Gasteiger partial charge in [0.2, 0.25) is 5.91 Å². The predicted octanol–water partition coefficient (Wildman–Crippen LogP) is 2.33. The molecule has 2 aromatic carbocycles. The molecule has 0 aliphatic carbocycles. The van der Waals surface area contributed by atoms with E-state index in [9.17, 15) is 19.5 Å². The number of carbonyl (C=O) groups excluding carboxylic acids is 3. The fourth-order valence-corrected chi connectivity index (χ4v) is 3.18. The Kier molecular flexibility index (Phi) is 9.99. The van der Waals surface area contributed by atoms with Gasteiger partial charge in [-0.15, -0.1) is 0 Å². The number of methoxy groups -OCH3 is 1. The standard InChI is InChI=1S/C22H25BrN2O6/c1-30-21(28)19(11-16-9-5-6-10-18(16)23)25-20(27)12-17(26)13-24-22(29)31-14-15-7-3-2-4-8-15/h2-10,17,19,26H,11-14H2,1H3,(H,24,29)(H,25,27)/t17-,19-/m0/s1. The number of amides is 2. The van der Waals surface area contributed by atoms with E-state index in [-0.39, 0.29) is 26.0 Å². The number of carbonyl (C=O) groups is 3. The zero-order valence-corrected chi connectivity index (χ0v) is 18.6. The third-order valence-corrected chi connectivity index (χ3v) is 5.09. The van der Waals surface area contributed by atoms with E-state index < -0.39 is 30.1 Å². The average molecular weight is 493 g/mol. The van der Waals surface area contributed by atoms with Crippen molar-refractivity contribution < 1.29 is 29.0 Å². The Bertz CT molecular complexity index is 877. The molecule has 2 amide bonds. The molecular weight excluding hydrogens is 468 g/mol. The molecule has 2 aromatic rings. The Morgan fingerprint density at radius 1 is 1.06 bits per heavy atom. The number of ether oxygens (including phenoxy) is 2. The molecule has 0 spiro atoms. The van der Waals surface area contributed by atoms with Crippen LogP contribution in [0.15, 0.2) is 59.1 Å². The number of alkyl carbamates (subject to hydrolysis) is 1. The van der Waals surface area contributed by atoms with Gasteiger partial charge in [0.25, 0.3) is 0 Å². The van der Waals surface area contributed by atoms with Crippen LogP contribution < -0.4 is 10.6 Å². The van der Waals surface area contributed by atoms with Gasteiger partial charge in [0.15, 0.2) is 0 Å². The fourth-order valence-electron chi connectivity index (χ4n) is 2.73. The Morgan fingerprint density at radius 2 is 1.74 bits per heavy atom. The minimum Gasteiger partial charge on any atom is -0.467 e. The van der Waals surface area contributed by atoms with Gasteiger partial charge in [-0.2, -0.15) is 0 Å². The Labute approximate surface area is 189 Å². The molecule has 0 fully saturated rings. The number of aliphatic hydroxyl groups excluding tert-OH is 1. The molecule has 0 heterocycles. The van der Waals surface area contributed by atoms with Crippen molar-refractivity contribution in [2.24, 2.45) is 0 Å². The molecule has 0 aliphatic rings. The first kappa shape index (κ1) is 24.4. The second-order valence-electron chi connectivity index (χ2n) is 6.74. The lowest BCUT2D eigenvalue weighted by Crippen LogP contribution is -2.45. The molecule has 31 heavy (non-hydrogen) atoms. The molecule has 0 saturated carbocycles. The third kappa shape index (κ3) is 8.77. The Hall–Kier alpha value is -2.91.